The minimum Gasteiger partial charge on any atom is -0.398 e. The van der Waals surface area contributed by atoms with E-state index in [1.165, 1.54) is 5.56 Å². The van der Waals surface area contributed by atoms with E-state index in [0.717, 1.165) is 21.9 Å². The molecule has 2 aromatic carbocycles. The molecule has 0 aliphatic carbocycles. The second kappa shape index (κ2) is 5.75. The van der Waals surface area contributed by atoms with E-state index in [1.54, 1.807) is 11.8 Å². The Hall–Kier alpha value is -1.45. The molecule has 0 unspecified atom stereocenters. The summed E-state index contributed by atoms with van der Waals surface area (Å²) in [5.74, 6) is 0.906. The first-order valence-electron chi connectivity index (χ1n) is 5.45. The Morgan fingerprint density at radius 1 is 1.00 bits per heavy atom. The molecule has 0 saturated heterocycles. The van der Waals surface area contributed by atoms with E-state index in [0.29, 0.717) is 0 Å². The number of nitrogens with two attached hydrogens (primary N) is 1. The fraction of sp³-hybridized carbons (Fsp3) is 0.143. The second-order valence-electron chi connectivity index (χ2n) is 3.80. The van der Waals surface area contributed by atoms with Crippen molar-refractivity contribution < 1.29 is 5.11 Å². The molecular weight excluding hydrogens is 230 g/mol. The average molecular weight is 245 g/mol. The Labute approximate surface area is 105 Å². The molecule has 0 amide bonds. The summed E-state index contributed by atoms with van der Waals surface area (Å²) in [5.41, 5.74) is 8.80. The summed E-state index contributed by atoms with van der Waals surface area (Å²) in [5, 5.41) is 9.00. The number of aliphatic hydroxyl groups is 1. The molecule has 0 saturated carbocycles. The summed E-state index contributed by atoms with van der Waals surface area (Å²) in [7, 11) is 0. The number of aliphatic hydroxyl groups excluding tert-OH is 1. The third kappa shape index (κ3) is 3.25. The lowest BCUT2D eigenvalue weighted by Crippen LogP contribution is -1.92. The Balaban J connectivity index is 2.04. The molecule has 0 spiro atoms. The maximum absolute atomic E-state index is 9.00. The summed E-state index contributed by atoms with van der Waals surface area (Å²) in [6.07, 6.45) is 0. The fourth-order valence-electron chi connectivity index (χ4n) is 1.56. The molecule has 0 atom stereocenters. The summed E-state index contributed by atoms with van der Waals surface area (Å²) in [6.45, 7) is 0.0355. The van der Waals surface area contributed by atoms with E-state index in [1.807, 2.05) is 36.4 Å². The van der Waals surface area contributed by atoms with Crippen molar-refractivity contribution in [2.45, 2.75) is 17.3 Å². The molecule has 0 radical (unpaired) electrons. The van der Waals surface area contributed by atoms with Crippen LogP contribution in [0.1, 0.15) is 11.1 Å². The van der Waals surface area contributed by atoms with Crippen molar-refractivity contribution in [2.24, 2.45) is 0 Å². The van der Waals surface area contributed by atoms with E-state index in [2.05, 4.69) is 12.1 Å². The number of nitrogen functional groups attached to an aromatic ring is 1. The van der Waals surface area contributed by atoms with E-state index in [9.17, 15) is 0 Å². The van der Waals surface area contributed by atoms with Crippen molar-refractivity contribution in [2.75, 3.05) is 5.73 Å². The molecule has 2 rings (SSSR count). The van der Waals surface area contributed by atoms with Crippen LogP contribution in [0.4, 0.5) is 5.69 Å². The van der Waals surface area contributed by atoms with Crippen LogP contribution in [0.3, 0.4) is 0 Å². The van der Waals surface area contributed by atoms with Crippen LogP contribution in [0.15, 0.2) is 53.4 Å². The van der Waals surface area contributed by atoms with Gasteiger partial charge < -0.3 is 10.8 Å². The van der Waals surface area contributed by atoms with E-state index in [-0.39, 0.29) is 6.61 Å². The zero-order valence-corrected chi connectivity index (χ0v) is 10.3. The zero-order valence-electron chi connectivity index (χ0n) is 9.47. The van der Waals surface area contributed by atoms with Gasteiger partial charge in [-0.3, -0.25) is 0 Å². The van der Waals surface area contributed by atoms with Crippen LogP contribution in [-0.4, -0.2) is 5.11 Å². The van der Waals surface area contributed by atoms with Crippen molar-refractivity contribution >= 4 is 17.4 Å². The van der Waals surface area contributed by atoms with Gasteiger partial charge in [-0.2, -0.15) is 0 Å². The second-order valence-corrected chi connectivity index (χ2v) is 4.82. The fourth-order valence-corrected chi connectivity index (χ4v) is 2.47. The van der Waals surface area contributed by atoms with Gasteiger partial charge in [0.2, 0.25) is 0 Å². The van der Waals surface area contributed by atoms with Gasteiger partial charge in [-0.05, 0) is 23.3 Å². The number of hydrogen-bond donors (Lipinski definition) is 2. The highest BCUT2D eigenvalue weighted by atomic mass is 32.2. The van der Waals surface area contributed by atoms with E-state index < -0.39 is 0 Å². The van der Waals surface area contributed by atoms with Crippen molar-refractivity contribution in [3.8, 4) is 0 Å². The topological polar surface area (TPSA) is 46.2 Å². The highest BCUT2D eigenvalue weighted by Gasteiger charge is 2.02. The van der Waals surface area contributed by atoms with E-state index in [4.69, 9.17) is 10.8 Å². The summed E-state index contributed by atoms with van der Waals surface area (Å²) < 4.78 is 0. The van der Waals surface area contributed by atoms with Crippen LogP contribution in [0.2, 0.25) is 0 Å². The standard InChI is InChI=1S/C14H15NOS/c15-13-8-12(9-16)6-7-14(13)17-10-11-4-2-1-3-5-11/h1-8,16H,9-10,15H2. The van der Waals surface area contributed by atoms with Crippen LogP contribution in [0.25, 0.3) is 0 Å². The number of hydrogen-bond acceptors (Lipinski definition) is 3. The van der Waals surface area contributed by atoms with Gasteiger partial charge in [0.15, 0.2) is 0 Å². The number of benzene rings is 2. The Bertz CT molecular complexity index is 485. The highest BCUT2D eigenvalue weighted by molar-refractivity contribution is 7.98. The molecule has 3 N–H and O–H groups in total. The minimum absolute atomic E-state index is 0.0355. The molecule has 3 heteroatoms. The van der Waals surface area contributed by atoms with Gasteiger partial charge in [0.25, 0.3) is 0 Å². The number of anilines is 1. The third-order valence-corrected chi connectivity index (χ3v) is 3.65. The third-order valence-electron chi connectivity index (χ3n) is 2.49. The first-order valence-corrected chi connectivity index (χ1v) is 6.44. The summed E-state index contributed by atoms with van der Waals surface area (Å²) in [6, 6.07) is 16.0. The monoisotopic (exact) mass is 245 g/mol. The predicted molar refractivity (Wildman–Crippen MR) is 72.8 cm³/mol. The van der Waals surface area contributed by atoms with Crippen molar-refractivity contribution in [3.05, 3.63) is 59.7 Å². The Morgan fingerprint density at radius 3 is 2.41 bits per heavy atom. The van der Waals surface area contributed by atoms with Gasteiger partial charge >= 0.3 is 0 Å². The minimum atomic E-state index is 0.0355. The van der Waals surface area contributed by atoms with Gasteiger partial charge in [0.1, 0.15) is 0 Å². The Kier molecular flexibility index (Phi) is 4.07. The molecule has 0 fully saturated rings. The molecule has 2 nitrogen and oxygen atoms in total. The highest BCUT2D eigenvalue weighted by Crippen LogP contribution is 2.28. The predicted octanol–water partition coefficient (Wildman–Crippen LogP) is 3.05. The normalized spacial score (nSPS) is 10.4. The van der Waals surface area contributed by atoms with Crippen molar-refractivity contribution in [1.29, 1.82) is 0 Å². The first-order chi connectivity index (χ1) is 8.29. The molecule has 0 bridgehead atoms. The van der Waals surface area contributed by atoms with Crippen LogP contribution >= 0.6 is 11.8 Å². The molecule has 0 aromatic heterocycles. The maximum Gasteiger partial charge on any atom is 0.0682 e. The van der Waals surface area contributed by atoms with E-state index >= 15 is 0 Å². The zero-order chi connectivity index (χ0) is 12.1. The van der Waals surface area contributed by atoms with Crippen molar-refractivity contribution in [1.82, 2.24) is 0 Å². The van der Waals surface area contributed by atoms with Crippen LogP contribution in [0.5, 0.6) is 0 Å². The molecule has 0 aliphatic heterocycles. The summed E-state index contributed by atoms with van der Waals surface area (Å²) >= 11 is 1.71. The summed E-state index contributed by atoms with van der Waals surface area (Å²) in [4.78, 5) is 1.06. The van der Waals surface area contributed by atoms with Crippen LogP contribution in [0, 0.1) is 0 Å². The molecule has 17 heavy (non-hydrogen) atoms. The molecule has 0 heterocycles. The Morgan fingerprint density at radius 2 is 1.76 bits per heavy atom. The van der Waals surface area contributed by atoms with Crippen LogP contribution < -0.4 is 5.73 Å². The smallest absolute Gasteiger partial charge is 0.0682 e. The van der Waals surface area contributed by atoms with Crippen LogP contribution in [-0.2, 0) is 12.4 Å². The molecule has 0 aliphatic rings. The van der Waals surface area contributed by atoms with Crippen molar-refractivity contribution in [3.63, 3.8) is 0 Å². The maximum atomic E-state index is 9.00. The molecule has 88 valence electrons. The number of rotatable bonds is 4. The van der Waals surface area contributed by atoms with Gasteiger partial charge in [-0.1, -0.05) is 36.4 Å². The number of thioether (sulfide) groups is 1. The largest absolute Gasteiger partial charge is 0.398 e. The lowest BCUT2D eigenvalue weighted by molar-refractivity contribution is 0.282. The molecule has 2 aromatic rings. The quantitative estimate of drug-likeness (QED) is 0.643. The SMILES string of the molecule is Nc1cc(CO)ccc1SCc1ccccc1. The van der Waals surface area contributed by atoms with Gasteiger partial charge in [-0.25, -0.2) is 0 Å². The van der Waals surface area contributed by atoms with Gasteiger partial charge in [0.05, 0.1) is 6.61 Å². The van der Waals surface area contributed by atoms with Gasteiger partial charge in [-0.15, -0.1) is 11.8 Å². The molecular formula is C14H15NOS. The lowest BCUT2D eigenvalue weighted by Gasteiger charge is -2.07. The lowest BCUT2D eigenvalue weighted by atomic mass is 10.2. The average Bonchev–Trinajstić information content (AvgIpc) is 2.38. The van der Waals surface area contributed by atoms with Gasteiger partial charge in [0, 0.05) is 16.3 Å². The first kappa shape index (κ1) is 12.0.